The number of hydrogen-bond donors (Lipinski definition) is 1. The number of nitrogens with one attached hydrogen (secondary N) is 1. The van der Waals surface area contributed by atoms with Crippen LogP contribution in [0, 0.1) is 5.82 Å². The van der Waals surface area contributed by atoms with Gasteiger partial charge in [0.05, 0.1) is 6.04 Å². The smallest absolute Gasteiger partial charge is 0.223 e. The maximum atomic E-state index is 13.3. The van der Waals surface area contributed by atoms with E-state index in [-0.39, 0.29) is 29.2 Å². The zero-order valence-corrected chi connectivity index (χ0v) is 16.6. The molecule has 29 heavy (non-hydrogen) atoms. The molecule has 2 unspecified atom stereocenters. The summed E-state index contributed by atoms with van der Waals surface area (Å²) in [5.41, 5.74) is 1.82. The van der Waals surface area contributed by atoms with E-state index in [0.29, 0.717) is 19.3 Å². The van der Waals surface area contributed by atoms with Gasteiger partial charge in [-0.25, -0.2) is 4.39 Å². The molecular weight excluding hydrogens is 367 g/mol. The fourth-order valence-electron chi connectivity index (χ4n) is 4.76. The molecule has 2 atom stereocenters. The van der Waals surface area contributed by atoms with Crippen LogP contribution in [0.1, 0.15) is 55.7 Å². The first-order chi connectivity index (χ1) is 14.0. The summed E-state index contributed by atoms with van der Waals surface area (Å²) < 4.78 is 13.3. The molecule has 2 aromatic rings. The molecule has 1 N–H and O–H groups in total. The van der Waals surface area contributed by atoms with Crippen LogP contribution in [-0.2, 0) is 16.0 Å². The molecule has 2 aliphatic heterocycles. The Kier molecular flexibility index (Phi) is 5.65. The second-order valence-corrected chi connectivity index (χ2v) is 8.29. The van der Waals surface area contributed by atoms with Crippen LogP contribution in [0.25, 0.3) is 0 Å². The fraction of sp³-hybridized carbons (Fsp3) is 0.417. The molecule has 2 aliphatic rings. The van der Waals surface area contributed by atoms with Gasteiger partial charge in [-0.15, -0.1) is 0 Å². The van der Waals surface area contributed by atoms with E-state index in [2.05, 4.69) is 17.4 Å². The lowest BCUT2D eigenvalue weighted by Crippen LogP contribution is -2.44. The Morgan fingerprint density at radius 3 is 2.59 bits per heavy atom. The lowest BCUT2D eigenvalue weighted by atomic mass is 9.85. The summed E-state index contributed by atoms with van der Waals surface area (Å²) in [6.45, 7) is 0.735. The van der Waals surface area contributed by atoms with Crippen molar-refractivity contribution in [3.8, 4) is 0 Å². The van der Waals surface area contributed by atoms with Crippen molar-refractivity contribution in [1.29, 1.82) is 0 Å². The number of carbonyl (C=O) groups is 2. The SMILES string of the molecule is O=C1CCC(CCC(=O)N2CCCC2c2ccc(F)cc2)(Cc2ccccc2)N1. The number of benzene rings is 2. The molecule has 0 saturated carbocycles. The topological polar surface area (TPSA) is 49.4 Å². The summed E-state index contributed by atoms with van der Waals surface area (Å²) in [4.78, 5) is 27.0. The first-order valence-corrected chi connectivity index (χ1v) is 10.4. The van der Waals surface area contributed by atoms with Gasteiger partial charge < -0.3 is 10.2 Å². The third-order valence-corrected chi connectivity index (χ3v) is 6.27. The van der Waals surface area contributed by atoms with Gasteiger partial charge in [0.1, 0.15) is 5.82 Å². The van der Waals surface area contributed by atoms with Crippen molar-refractivity contribution in [2.75, 3.05) is 6.54 Å². The molecule has 0 bridgehead atoms. The standard InChI is InChI=1S/C24H27FN2O2/c25-20-10-8-19(9-11-20)21-7-4-16-27(21)23(29)13-15-24(14-12-22(28)26-24)17-18-5-2-1-3-6-18/h1-3,5-6,8-11,21H,4,7,12-17H2,(H,26,28). The molecule has 2 amide bonds. The van der Waals surface area contributed by atoms with E-state index in [4.69, 9.17) is 0 Å². The number of halogens is 1. The highest BCUT2D eigenvalue weighted by Gasteiger charge is 2.39. The monoisotopic (exact) mass is 394 g/mol. The molecule has 0 radical (unpaired) electrons. The van der Waals surface area contributed by atoms with E-state index >= 15 is 0 Å². The Balaban J connectivity index is 1.43. The van der Waals surface area contributed by atoms with Crippen LogP contribution < -0.4 is 5.32 Å². The summed E-state index contributed by atoms with van der Waals surface area (Å²) in [5, 5.41) is 3.16. The average Bonchev–Trinajstić information content (AvgIpc) is 3.35. The minimum Gasteiger partial charge on any atom is -0.350 e. The Hall–Kier alpha value is -2.69. The summed E-state index contributed by atoms with van der Waals surface area (Å²) in [7, 11) is 0. The maximum Gasteiger partial charge on any atom is 0.223 e. The van der Waals surface area contributed by atoms with Crippen molar-refractivity contribution in [2.24, 2.45) is 0 Å². The lowest BCUT2D eigenvalue weighted by Gasteiger charge is -2.31. The lowest BCUT2D eigenvalue weighted by molar-refractivity contribution is -0.132. The fourth-order valence-corrected chi connectivity index (χ4v) is 4.76. The Labute approximate surface area is 171 Å². The first kappa shape index (κ1) is 19.6. The summed E-state index contributed by atoms with van der Waals surface area (Å²) in [6.07, 6.45) is 4.93. The van der Waals surface area contributed by atoms with Crippen LogP contribution >= 0.6 is 0 Å². The van der Waals surface area contributed by atoms with Gasteiger partial charge in [-0.1, -0.05) is 42.5 Å². The Bertz CT molecular complexity index is 868. The van der Waals surface area contributed by atoms with Crippen LogP contribution in [0.15, 0.2) is 54.6 Å². The van der Waals surface area contributed by atoms with E-state index in [9.17, 15) is 14.0 Å². The molecule has 0 aliphatic carbocycles. The van der Waals surface area contributed by atoms with Gasteiger partial charge in [0, 0.05) is 24.9 Å². The molecule has 5 heteroatoms. The van der Waals surface area contributed by atoms with Crippen LogP contribution in [0.5, 0.6) is 0 Å². The van der Waals surface area contributed by atoms with Gasteiger partial charge in [0.2, 0.25) is 11.8 Å². The van der Waals surface area contributed by atoms with E-state index in [1.54, 1.807) is 12.1 Å². The Morgan fingerprint density at radius 2 is 1.90 bits per heavy atom. The predicted octanol–water partition coefficient (Wildman–Crippen LogP) is 4.16. The molecule has 4 nitrogen and oxygen atoms in total. The van der Waals surface area contributed by atoms with Gasteiger partial charge in [-0.2, -0.15) is 0 Å². The van der Waals surface area contributed by atoms with E-state index in [1.807, 2.05) is 23.1 Å². The molecule has 0 spiro atoms. The average molecular weight is 394 g/mol. The number of rotatable bonds is 6. The van der Waals surface area contributed by atoms with Crippen LogP contribution in [0.4, 0.5) is 4.39 Å². The quantitative estimate of drug-likeness (QED) is 0.800. The minimum atomic E-state index is -0.348. The van der Waals surface area contributed by atoms with E-state index in [0.717, 1.165) is 37.8 Å². The highest BCUT2D eigenvalue weighted by atomic mass is 19.1. The maximum absolute atomic E-state index is 13.3. The zero-order valence-electron chi connectivity index (χ0n) is 16.6. The van der Waals surface area contributed by atoms with Crippen molar-refractivity contribution >= 4 is 11.8 Å². The summed E-state index contributed by atoms with van der Waals surface area (Å²) in [6, 6.07) is 16.6. The van der Waals surface area contributed by atoms with Gasteiger partial charge in [0.25, 0.3) is 0 Å². The summed E-state index contributed by atoms with van der Waals surface area (Å²) in [5.74, 6) is -0.0754. The predicted molar refractivity (Wildman–Crippen MR) is 110 cm³/mol. The van der Waals surface area contributed by atoms with Crippen LogP contribution in [0.2, 0.25) is 0 Å². The number of carbonyl (C=O) groups excluding carboxylic acids is 2. The minimum absolute atomic E-state index is 0.0198. The van der Waals surface area contributed by atoms with Gasteiger partial charge in [-0.3, -0.25) is 9.59 Å². The second kappa shape index (κ2) is 8.36. The normalized spacial score (nSPS) is 24.0. The molecular formula is C24H27FN2O2. The second-order valence-electron chi connectivity index (χ2n) is 8.29. The molecule has 2 aromatic carbocycles. The molecule has 152 valence electrons. The number of hydrogen-bond acceptors (Lipinski definition) is 2. The third-order valence-electron chi connectivity index (χ3n) is 6.27. The summed E-state index contributed by atoms with van der Waals surface area (Å²) >= 11 is 0. The molecule has 2 fully saturated rings. The largest absolute Gasteiger partial charge is 0.350 e. The third kappa shape index (κ3) is 4.50. The van der Waals surface area contributed by atoms with Crippen molar-refractivity contribution < 1.29 is 14.0 Å². The van der Waals surface area contributed by atoms with Crippen molar-refractivity contribution in [3.05, 3.63) is 71.5 Å². The van der Waals surface area contributed by atoms with Gasteiger partial charge >= 0.3 is 0 Å². The highest BCUT2D eigenvalue weighted by Crippen LogP contribution is 2.34. The van der Waals surface area contributed by atoms with Crippen molar-refractivity contribution in [2.45, 2.75) is 56.5 Å². The van der Waals surface area contributed by atoms with Gasteiger partial charge in [0.15, 0.2) is 0 Å². The first-order valence-electron chi connectivity index (χ1n) is 10.4. The van der Waals surface area contributed by atoms with Gasteiger partial charge in [-0.05, 0) is 55.4 Å². The molecule has 2 saturated heterocycles. The highest BCUT2D eigenvalue weighted by molar-refractivity contribution is 5.80. The number of likely N-dealkylation sites (tertiary alicyclic amines) is 1. The van der Waals surface area contributed by atoms with Crippen LogP contribution in [-0.4, -0.2) is 28.8 Å². The Morgan fingerprint density at radius 1 is 1.14 bits per heavy atom. The van der Waals surface area contributed by atoms with E-state index < -0.39 is 0 Å². The van der Waals surface area contributed by atoms with Crippen molar-refractivity contribution in [1.82, 2.24) is 10.2 Å². The molecule has 2 heterocycles. The number of amides is 2. The zero-order chi connectivity index (χ0) is 20.3. The molecule has 4 rings (SSSR count). The van der Waals surface area contributed by atoms with E-state index in [1.165, 1.54) is 17.7 Å². The molecule has 0 aromatic heterocycles. The van der Waals surface area contributed by atoms with Crippen molar-refractivity contribution in [3.63, 3.8) is 0 Å². The van der Waals surface area contributed by atoms with Crippen LogP contribution in [0.3, 0.4) is 0 Å². The number of nitrogens with zero attached hydrogens (tertiary/aromatic N) is 1.